The number of rotatable bonds is 0. The molecule has 0 bridgehead atoms. The van der Waals surface area contributed by atoms with E-state index in [0.29, 0.717) is 0 Å². The van der Waals surface area contributed by atoms with Crippen LogP contribution in [0.5, 0.6) is 0 Å². The molecule has 119 heavy (non-hydrogen) atoms. The summed E-state index contributed by atoms with van der Waals surface area (Å²) in [5.74, 6) is 0. The van der Waals surface area contributed by atoms with Crippen LogP contribution in [0.25, 0.3) is 0 Å². The van der Waals surface area contributed by atoms with Gasteiger partial charge in [-0.2, -0.15) is 0 Å². The Balaban J connectivity index is 0. The van der Waals surface area contributed by atoms with E-state index in [-0.39, 0.29) is 4590 Å². The van der Waals surface area contributed by atoms with Crippen LogP contribution < -0.4 is 0 Å². The topological polar surface area (TPSA) is 0 Å². The fourth-order valence-electron chi connectivity index (χ4n) is 0. The first-order valence-corrected chi connectivity index (χ1v) is 0. The van der Waals surface area contributed by atoms with Crippen molar-refractivity contribution in [3.8, 4) is 0 Å². The van der Waals surface area contributed by atoms with Gasteiger partial charge < -0.3 is 0 Å². The van der Waals surface area contributed by atoms with Crippen molar-refractivity contribution in [2.45, 2.75) is 0 Å². The van der Waals surface area contributed by atoms with Gasteiger partial charge in [0.15, 0.2) is 0 Å². The van der Waals surface area contributed by atoms with Crippen LogP contribution in [-0.4, -0.2) is 0 Å². The first-order chi connectivity index (χ1) is 0. The molecule has 0 heterocycles. The summed E-state index contributed by atoms with van der Waals surface area (Å²) in [6.07, 6.45) is 0. The van der Waals surface area contributed by atoms with Gasteiger partial charge in [0, 0.05) is 4590 Å². The Labute approximate surface area is 4400 Å². The Morgan fingerprint density at radius 2 is 0.00840 bits per heavy atom. The minimum absolute atomic E-state index is 0. The zero-order valence-corrected chi connectivity index (χ0v) is 294. The SMILES string of the molecule is [Tb].[Tb].[Tb].[Tb].[Tb].[Tb].[Tb].[Tb].[Tb].[Tb].[Tb].[Tb].[Tb].[Tb].[Tb].[Tb].[Tb].[Tb].[Tb].[Tb].[Tb].[Tb].[Tb].[Tb].[Tb].[Tb].[Tb].[Tb].[Tb].[Tb].[Tb].[Tb].[Tb].[Tb].[Tb].[Tb].[Tb].[Tb].[Tb].[Tb].[Tb].[Tb].[Tb].[Tb].[Tb].[Tb].[Tb].[Tb].[Tb].[Tb].[Tb].[Tb].[Tb].[Tb].[Tb].[Tb].[Tb].[Tb].[Tb].[Tb].[Tb].[Tb].[Tb].[Tb].[Tb].[Tb].[Tb].[Tb].[Tb].[Tb].[Tb].[Tb].[Tb].[Tb].[Tb].[Tb].[Tb].[Tb].[Tb].[Tb].[Tb].[Tb].[Tb].[Tb].[Tb].[Tb].[Tb].[Tb].[Tb].[Tb].[Tb].[Tb].[Tb].[Tb].[Tb].[Tb].[Tb].[Tb].[Tb].[Tb].[Tb].[Tb].[Tb].[Tb].[Tb].[Tb].[Tb].[Tb].[Tb].[Tb].[Tb].[Tb].[Tb].[Tb].[Tb].[Tb].[Tb].[Tb].[Tb]. The smallest absolute Gasteiger partial charge is 0 e. The summed E-state index contributed by atoms with van der Waals surface area (Å²) < 4.78 is 0. The first-order valence-electron chi connectivity index (χ1n) is 0. The quantitative estimate of drug-likeness (QED) is 0.321. The monoisotopic (exact) mass is 18900 g/mol. The predicted octanol–water partition coefficient (Wildman–Crippen LogP) is 0. The second kappa shape index (κ2) is 844. The summed E-state index contributed by atoms with van der Waals surface area (Å²) in [5.41, 5.74) is 0. The second-order valence-corrected chi connectivity index (χ2v) is 0. The fraction of sp³-hybridized carbons (Fsp3) is 0. The molecule has 1071 valence electrons. The standard InChI is InChI=1S/119Tb. The van der Waals surface area contributed by atoms with Crippen molar-refractivity contribution in [3.63, 3.8) is 0 Å². The maximum Gasteiger partial charge on any atom is 0 e. The zero-order chi connectivity index (χ0) is 0. The average Bonchev–Trinajstić information content (AvgIpc) is 0. The Morgan fingerprint density at radius 3 is 0.00840 bits per heavy atom. The first kappa shape index (κ1) is 853. The van der Waals surface area contributed by atoms with E-state index in [1.54, 1.807) is 0 Å². The van der Waals surface area contributed by atoms with Crippen LogP contribution >= 0.6 is 0 Å². The van der Waals surface area contributed by atoms with Gasteiger partial charge in [0.05, 0.1) is 0 Å². The van der Waals surface area contributed by atoms with Crippen LogP contribution in [0.2, 0.25) is 0 Å². The van der Waals surface area contributed by atoms with Crippen molar-refractivity contribution in [1.82, 2.24) is 0 Å². The molecule has 0 spiro atoms. The zero-order valence-electron chi connectivity index (χ0n) is 39.7. The molecule has 0 aliphatic carbocycles. The molecule has 0 saturated carbocycles. The summed E-state index contributed by atoms with van der Waals surface area (Å²) in [6.45, 7) is 0. The van der Waals surface area contributed by atoms with Crippen molar-refractivity contribution in [2.75, 3.05) is 0 Å². The van der Waals surface area contributed by atoms with E-state index in [9.17, 15) is 0 Å². The van der Waals surface area contributed by atoms with Crippen molar-refractivity contribution >= 4 is 0 Å². The molecular weight excluding hydrogens is 18900 g/mol. The Bertz CT molecular complexity index is 0. The molecule has 0 aromatic carbocycles. The summed E-state index contributed by atoms with van der Waals surface area (Å²) in [7, 11) is 0. The molecule has 0 amide bonds. The molecule has 0 rings (SSSR count). The van der Waals surface area contributed by atoms with Crippen LogP contribution in [0, 0.1) is 4590 Å². The van der Waals surface area contributed by atoms with Crippen molar-refractivity contribution in [2.24, 2.45) is 0 Å². The van der Waals surface area contributed by atoms with E-state index >= 15 is 0 Å². The van der Waals surface area contributed by atoms with E-state index < -0.39 is 0 Å². The Hall–Kier alpha value is 153. The van der Waals surface area contributed by atoms with Gasteiger partial charge in [0.1, 0.15) is 0 Å². The molecule has 0 aromatic rings. The van der Waals surface area contributed by atoms with Gasteiger partial charge in [-0.1, -0.05) is 0 Å². The molecule has 119 radical (unpaired) electrons. The third kappa shape index (κ3) is 838. The average molecular weight is 18900 g/mol. The molecule has 0 unspecified atom stereocenters. The Kier molecular flexibility index (Phi) is 6050. The van der Waals surface area contributed by atoms with E-state index in [1.165, 1.54) is 0 Å². The van der Waals surface area contributed by atoms with E-state index in [0.717, 1.165) is 0 Å². The van der Waals surface area contributed by atoms with Gasteiger partial charge in [0.25, 0.3) is 0 Å². The minimum Gasteiger partial charge on any atom is 0 e. The molecule has 0 atom stereocenters. The van der Waals surface area contributed by atoms with Gasteiger partial charge in [-0.05, 0) is 0 Å². The van der Waals surface area contributed by atoms with E-state index in [1.807, 2.05) is 0 Å². The van der Waals surface area contributed by atoms with Crippen molar-refractivity contribution in [1.29, 1.82) is 0 Å². The minimum atomic E-state index is 0. The fourth-order valence-corrected chi connectivity index (χ4v) is 0. The van der Waals surface area contributed by atoms with Crippen LogP contribution in [0.15, 0.2) is 0 Å². The van der Waals surface area contributed by atoms with Gasteiger partial charge in [-0.25, -0.2) is 0 Å². The molecule has 0 fully saturated rings. The molecule has 0 aliphatic heterocycles. The third-order valence-electron chi connectivity index (χ3n) is 0. The second-order valence-electron chi connectivity index (χ2n) is 0. The maximum absolute atomic E-state index is 0. The van der Waals surface area contributed by atoms with Crippen LogP contribution in [0.4, 0.5) is 0 Å². The molecule has 0 aromatic heterocycles. The molecule has 119 heteroatoms. The van der Waals surface area contributed by atoms with E-state index in [4.69, 9.17) is 0 Å². The van der Waals surface area contributed by atoms with Gasteiger partial charge in [0.2, 0.25) is 0 Å². The number of hydrogen-bond acceptors (Lipinski definition) is 0. The van der Waals surface area contributed by atoms with Gasteiger partial charge in [-0.3, -0.25) is 0 Å². The van der Waals surface area contributed by atoms with Crippen molar-refractivity contribution in [3.05, 3.63) is 0 Å². The summed E-state index contributed by atoms with van der Waals surface area (Å²) >= 11 is 0. The summed E-state index contributed by atoms with van der Waals surface area (Å²) in [5, 5.41) is 0. The van der Waals surface area contributed by atoms with Crippen LogP contribution in [-0.2, 0) is 0 Å². The maximum atomic E-state index is 0. The molecule has 0 saturated heterocycles. The molecule has 0 nitrogen and oxygen atoms in total. The van der Waals surface area contributed by atoms with Gasteiger partial charge >= 0.3 is 0 Å². The molecular formula is Tb119. The molecule has 0 N–H and O–H groups in total. The largest absolute Gasteiger partial charge is 0 e. The summed E-state index contributed by atoms with van der Waals surface area (Å²) in [6, 6.07) is 0. The van der Waals surface area contributed by atoms with Gasteiger partial charge in [-0.15, -0.1) is 0 Å². The predicted molar refractivity (Wildman–Crippen MR) is 0 cm³/mol. The third-order valence-corrected chi connectivity index (χ3v) is 0. The van der Waals surface area contributed by atoms with Crippen LogP contribution in [0.1, 0.15) is 0 Å². The Morgan fingerprint density at radius 1 is 0.00840 bits per heavy atom. The molecule has 0 aliphatic rings. The summed E-state index contributed by atoms with van der Waals surface area (Å²) in [4.78, 5) is 0. The van der Waals surface area contributed by atoms with Crippen molar-refractivity contribution < 1.29 is 4590 Å². The van der Waals surface area contributed by atoms with Crippen LogP contribution in [0.3, 0.4) is 0 Å². The van der Waals surface area contributed by atoms with E-state index in [2.05, 4.69) is 0 Å². The normalized spacial score (nSPS) is 0. The number of hydrogen-bond donors (Lipinski definition) is 0.